The van der Waals surface area contributed by atoms with Crippen LogP contribution in [0.4, 0.5) is 0 Å². The third-order valence-corrected chi connectivity index (χ3v) is 2.63. The van der Waals surface area contributed by atoms with Crippen molar-refractivity contribution >= 4 is 28.1 Å². The molecule has 0 unspecified atom stereocenters. The van der Waals surface area contributed by atoms with Gasteiger partial charge in [-0.1, -0.05) is 58.4 Å². The van der Waals surface area contributed by atoms with Crippen molar-refractivity contribution in [2.75, 3.05) is 5.33 Å². The van der Waals surface area contributed by atoms with Gasteiger partial charge in [0.1, 0.15) is 0 Å². The molecule has 1 aromatic rings. The van der Waals surface area contributed by atoms with Crippen LogP contribution in [0, 0.1) is 0 Å². The molecule has 1 aliphatic rings. The Morgan fingerprint density at radius 1 is 1.38 bits per heavy atom. The second-order valence-electron chi connectivity index (χ2n) is 3.08. The number of hydrogen-bond donors (Lipinski definition) is 0. The van der Waals surface area contributed by atoms with Crippen LogP contribution in [0.25, 0.3) is 12.2 Å². The number of benzene rings is 1. The van der Waals surface area contributed by atoms with E-state index < -0.39 is 0 Å². The van der Waals surface area contributed by atoms with Crippen molar-refractivity contribution in [3.8, 4) is 0 Å². The first-order valence-corrected chi connectivity index (χ1v) is 5.55. The minimum Gasteiger partial charge on any atom is -0.0883 e. The lowest BCUT2D eigenvalue weighted by molar-refractivity contribution is 1.29. The first-order chi connectivity index (χ1) is 6.42. The molecule has 0 radical (unpaired) electrons. The molecule has 0 bridgehead atoms. The maximum atomic E-state index is 3.39. The van der Waals surface area contributed by atoms with Crippen LogP contribution in [0.5, 0.6) is 0 Å². The summed E-state index contributed by atoms with van der Waals surface area (Å²) < 4.78 is 0. The lowest BCUT2D eigenvalue weighted by Crippen LogP contribution is -1.86. The van der Waals surface area contributed by atoms with Crippen LogP contribution in [0.1, 0.15) is 16.7 Å². The van der Waals surface area contributed by atoms with E-state index in [4.69, 9.17) is 0 Å². The van der Waals surface area contributed by atoms with Gasteiger partial charge in [-0.2, -0.15) is 0 Å². The largest absolute Gasteiger partial charge is 0.0883 e. The van der Waals surface area contributed by atoms with Crippen molar-refractivity contribution in [1.82, 2.24) is 0 Å². The zero-order valence-electron chi connectivity index (χ0n) is 7.33. The lowest BCUT2D eigenvalue weighted by atomic mass is 10.0. The van der Waals surface area contributed by atoms with E-state index in [0.717, 1.165) is 11.8 Å². The van der Waals surface area contributed by atoms with Gasteiger partial charge in [0.05, 0.1) is 0 Å². The molecule has 0 saturated carbocycles. The van der Waals surface area contributed by atoms with E-state index in [-0.39, 0.29) is 0 Å². The molecule has 0 heterocycles. The first-order valence-electron chi connectivity index (χ1n) is 4.43. The summed E-state index contributed by atoms with van der Waals surface area (Å²) in [6.07, 6.45) is 9.81. The fourth-order valence-corrected chi connectivity index (χ4v) is 1.83. The summed E-state index contributed by atoms with van der Waals surface area (Å²) in [5.41, 5.74) is 4.18. The smallest absolute Gasteiger partial charge is 0.0215 e. The molecule has 0 amide bonds. The highest BCUT2D eigenvalue weighted by molar-refractivity contribution is 9.09. The Hall–Kier alpha value is -0.820. The van der Waals surface area contributed by atoms with Gasteiger partial charge >= 0.3 is 0 Å². The number of alkyl halides is 1. The van der Waals surface area contributed by atoms with Gasteiger partial charge in [0.2, 0.25) is 0 Å². The quantitative estimate of drug-likeness (QED) is 0.686. The van der Waals surface area contributed by atoms with Crippen molar-refractivity contribution < 1.29 is 0 Å². The molecule has 0 atom stereocenters. The molecule has 0 nitrogen and oxygen atoms in total. The molecule has 0 aliphatic heterocycles. The predicted octanol–water partition coefficient (Wildman–Crippen LogP) is 3.66. The molecule has 1 aromatic carbocycles. The van der Waals surface area contributed by atoms with Crippen LogP contribution in [-0.4, -0.2) is 5.33 Å². The SMILES string of the molecule is BrCC=Cc1cccc2c1CC=C2. The number of rotatable bonds is 2. The second kappa shape index (κ2) is 3.93. The van der Waals surface area contributed by atoms with E-state index in [1.165, 1.54) is 16.7 Å². The van der Waals surface area contributed by atoms with E-state index in [2.05, 4.69) is 58.4 Å². The minimum absolute atomic E-state index is 0.921. The minimum atomic E-state index is 0.921. The highest BCUT2D eigenvalue weighted by Gasteiger charge is 2.06. The average Bonchev–Trinajstić information content (AvgIpc) is 2.62. The van der Waals surface area contributed by atoms with Crippen LogP contribution >= 0.6 is 15.9 Å². The van der Waals surface area contributed by atoms with Gasteiger partial charge in [-0.05, 0) is 23.1 Å². The number of hydrogen-bond acceptors (Lipinski definition) is 0. The zero-order valence-corrected chi connectivity index (χ0v) is 8.92. The monoisotopic (exact) mass is 234 g/mol. The molecule has 0 N–H and O–H groups in total. The summed E-state index contributed by atoms with van der Waals surface area (Å²) in [4.78, 5) is 0. The molecule has 2 rings (SSSR count). The highest BCUT2D eigenvalue weighted by atomic mass is 79.9. The molecule has 1 aliphatic carbocycles. The molecule has 66 valence electrons. The molecule has 1 heteroatoms. The van der Waals surface area contributed by atoms with E-state index in [0.29, 0.717) is 0 Å². The fraction of sp³-hybridized carbons (Fsp3) is 0.167. The Morgan fingerprint density at radius 3 is 3.15 bits per heavy atom. The van der Waals surface area contributed by atoms with Crippen LogP contribution in [0.15, 0.2) is 30.4 Å². The normalized spacial score (nSPS) is 13.9. The summed E-state index contributed by atoms with van der Waals surface area (Å²) in [6, 6.07) is 6.46. The van der Waals surface area contributed by atoms with Crippen LogP contribution in [-0.2, 0) is 6.42 Å². The van der Waals surface area contributed by atoms with Gasteiger partial charge in [-0.3, -0.25) is 0 Å². The predicted molar refractivity (Wildman–Crippen MR) is 62.0 cm³/mol. The molecule has 0 aromatic heterocycles. The fourth-order valence-electron chi connectivity index (χ4n) is 1.65. The summed E-state index contributed by atoms with van der Waals surface area (Å²) >= 11 is 3.39. The molecular weight excluding hydrogens is 224 g/mol. The number of halogens is 1. The summed E-state index contributed by atoms with van der Waals surface area (Å²) in [5, 5.41) is 0.921. The number of allylic oxidation sites excluding steroid dienone is 2. The van der Waals surface area contributed by atoms with E-state index in [9.17, 15) is 0 Å². The molecule has 0 spiro atoms. The lowest BCUT2D eigenvalue weighted by Gasteiger charge is -2.02. The Kier molecular flexibility index (Phi) is 2.65. The Bertz CT molecular complexity index is 361. The van der Waals surface area contributed by atoms with Crippen LogP contribution in [0.3, 0.4) is 0 Å². The van der Waals surface area contributed by atoms with Crippen molar-refractivity contribution in [1.29, 1.82) is 0 Å². The number of fused-ring (bicyclic) bond motifs is 1. The Balaban J connectivity index is 2.38. The van der Waals surface area contributed by atoms with Gasteiger partial charge in [-0.25, -0.2) is 0 Å². The Morgan fingerprint density at radius 2 is 2.31 bits per heavy atom. The molecule has 0 fully saturated rings. The summed E-state index contributed by atoms with van der Waals surface area (Å²) in [6.45, 7) is 0. The van der Waals surface area contributed by atoms with Gasteiger partial charge < -0.3 is 0 Å². The third-order valence-electron chi connectivity index (χ3n) is 2.25. The highest BCUT2D eigenvalue weighted by Crippen LogP contribution is 2.23. The van der Waals surface area contributed by atoms with E-state index >= 15 is 0 Å². The zero-order chi connectivity index (χ0) is 9.10. The van der Waals surface area contributed by atoms with E-state index in [1.54, 1.807) is 0 Å². The maximum absolute atomic E-state index is 3.39. The molecular formula is C12H11Br. The van der Waals surface area contributed by atoms with Gasteiger partial charge in [0.15, 0.2) is 0 Å². The van der Waals surface area contributed by atoms with Crippen molar-refractivity contribution in [2.24, 2.45) is 0 Å². The van der Waals surface area contributed by atoms with Crippen molar-refractivity contribution in [2.45, 2.75) is 6.42 Å². The van der Waals surface area contributed by atoms with Crippen LogP contribution < -0.4 is 0 Å². The first kappa shape index (κ1) is 8.76. The van der Waals surface area contributed by atoms with Gasteiger partial charge in [0.25, 0.3) is 0 Å². The van der Waals surface area contributed by atoms with E-state index in [1.807, 2.05) is 0 Å². The Labute approximate surface area is 87.1 Å². The summed E-state index contributed by atoms with van der Waals surface area (Å²) in [5.74, 6) is 0. The molecule has 0 saturated heterocycles. The average molecular weight is 235 g/mol. The third kappa shape index (κ3) is 1.75. The maximum Gasteiger partial charge on any atom is 0.0215 e. The topological polar surface area (TPSA) is 0 Å². The van der Waals surface area contributed by atoms with Crippen molar-refractivity contribution in [3.05, 3.63) is 47.0 Å². The van der Waals surface area contributed by atoms with Gasteiger partial charge in [0, 0.05) is 5.33 Å². The van der Waals surface area contributed by atoms with Crippen LogP contribution in [0.2, 0.25) is 0 Å². The van der Waals surface area contributed by atoms with Gasteiger partial charge in [-0.15, -0.1) is 0 Å². The molecule has 13 heavy (non-hydrogen) atoms. The van der Waals surface area contributed by atoms with Crippen molar-refractivity contribution in [3.63, 3.8) is 0 Å². The second-order valence-corrected chi connectivity index (χ2v) is 3.73. The standard InChI is InChI=1S/C12H11Br/c13-9-3-7-11-5-1-4-10-6-2-8-12(10)11/h1-7H,8-9H2. The summed E-state index contributed by atoms with van der Waals surface area (Å²) in [7, 11) is 0.